The minimum atomic E-state index is 0.649. The minimum absolute atomic E-state index is 0.649. The number of pyridine rings is 1. The van der Waals surface area contributed by atoms with Crippen LogP contribution in [0.2, 0.25) is 0 Å². The molecule has 3 heterocycles. The summed E-state index contributed by atoms with van der Waals surface area (Å²) in [5.41, 5.74) is 12.9. The summed E-state index contributed by atoms with van der Waals surface area (Å²) in [6.45, 7) is 0. The highest BCUT2D eigenvalue weighted by molar-refractivity contribution is 6.10. The van der Waals surface area contributed by atoms with Crippen molar-refractivity contribution in [2.45, 2.75) is 0 Å². The van der Waals surface area contributed by atoms with Crippen LogP contribution in [0.5, 0.6) is 0 Å². The van der Waals surface area contributed by atoms with E-state index in [0.29, 0.717) is 5.82 Å². The van der Waals surface area contributed by atoms with Crippen molar-refractivity contribution in [3.05, 3.63) is 182 Å². The van der Waals surface area contributed by atoms with E-state index in [1.807, 2.05) is 24.4 Å². The first-order valence-electron chi connectivity index (χ1n) is 16.4. The molecule has 0 radical (unpaired) electrons. The molecule has 0 N–H and O–H groups in total. The summed E-state index contributed by atoms with van der Waals surface area (Å²) in [6, 6.07) is 59.7. The standard InChI is InChI=1S/C45H30N4/c1-3-10-31(11-4-1)32-17-21-34(22-18-32)41-29-42(48-45(47-41)37-12-9-27-46-30-37)35-23-19-33(20-24-35)36-25-26-40-39-15-7-8-16-43(39)49(44(40)28-36)38-13-5-2-6-14-38/h1-30H. The van der Waals surface area contributed by atoms with E-state index in [0.717, 1.165) is 44.9 Å². The second-order valence-corrected chi connectivity index (χ2v) is 12.1. The number of para-hydroxylation sites is 2. The summed E-state index contributed by atoms with van der Waals surface area (Å²) in [6.07, 6.45) is 3.58. The topological polar surface area (TPSA) is 43.6 Å². The Labute approximate surface area is 284 Å². The third-order valence-electron chi connectivity index (χ3n) is 9.14. The van der Waals surface area contributed by atoms with Crippen molar-refractivity contribution >= 4 is 21.8 Å². The third-order valence-corrected chi connectivity index (χ3v) is 9.14. The van der Waals surface area contributed by atoms with E-state index in [4.69, 9.17) is 9.97 Å². The average molecular weight is 627 g/mol. The van der Waals surface area contributed by atoms with Crippen molar-refractivity contribution in [1.29, 1.82) is 0 Å². The molecule has 0 bridgehead atoms. The van der Waals surface area contributed by atoms with Gasteiger partial charge in [-0.05, 0) is 64.7 Å². The lowest BCUT2D eigenvalue weighted by molar-refractivity contribution is 1.17. The minimum Gasteiger partial charge on any atom is -0.309 e. The maximum absolute atomic E-state index is 5.02. The van der Waals surface area contributed by atoms with E-state index < -0.39 is 0 Å². The van der Waals surface area contributed by atoms with Gasteiger partial charge in [-0.25, -0.2) is 9.97 Å². The predicted octanol–water partition coefficient (Wildman–Crippen LogP) is 11.3. The van der Waals surface area contributed by atoms with Gasteiger partial charge in [-0.1, -0.05) is 127 Å². The Morgan fingerprint density at radius 1 is 0.367 bits per heavy atom. The molecule has 0 fully saturated rings. The van der Waals surface area contributed by atoms with Crippen LogP contribution < -0.4 is 0 Å². The van der Waals surface area contributed by atoms with Gasteiger partial charge in [0.15, 0.2) is 5.82 Å². The zero-order valence-corrected chi connectivity index (χ0v) is 26.6. The number of fused-ring (bicyclic) bond motifs is 3. The number of rotatable bonds is 6. The second-order valence-electron chi connectivity index (χ2n) is 12.1. The predicted molar refractivity (Wildman–Crippen MR) is 201 cm³/mol. The zero-order chi connectivity index (χ0) is 32.6. The third kappa shape index (κ3) is 5.35. The highest BCUT2D eigenvalue weighted by Gasteiger charge is 2.14. The molecule has 0 saturated carbocycles. The van der Waals surface area contributed by atoms with Crippen LogP contribution in [0.25, 0.3) is 83.6 Å². The normalized spacial score (nSPS) is 11.3. The number of hydrogen-bond acceptors (Lipinski definition) is 3. The summed E-state index contributed by atoms with van der Waals surface area (Å²) in [5, 5.41) is 2.50. The Morgan fingerprint density at radius 3 is 1.57 bits per heavy atom. The van der Waals surface area contributed by atoms with Gasteiger partial charge >= 0.3 is 0 Å². The van der Waals surface area contributed by atoms with Gasteiger partial charge in [-0.15, -0.1) is 0 Å². The Morgan fingerprint density at radius 2 is 0.898 bits per heavy atom. The fourth-order valence-corrected chi connectivity index (χ4v) is 6.67. The highest BCUT2D eigenvalue weighted by Crippen LogP contribution is 2.36. The molecule has 0 aliphatic rings. The van der Waals surface area contributed by atoms with Gasteiger partial charge in [0.05, 0.1) is 22.4 Å². The lowest BCUT2D eigenvalue weighted by Gasteiger charge is -2.11. The molecule has 0 aliphatic carbocycles. The number of nitrogens with zero attached hydrogens (tertiary/aromatic N) is 4. The first-order valence-corrected chi connectivity index (χ1v) is 16.4. The molecule has 0 saturated heterocycles. The van der Waals surface area contributed by atoms with E-state index in [9.17, 15) is 0 Å². The number of benzene rings is 6. The molecular weight excluding hydrogens is 597 g/mol. The van der Waals surface area contributed by atoms with Crippen molar-refractivity contribution in [1.82, 2.24) is 19.5 Å². The van der Waals surface area contributed by atoms with E-state index in [-0.39, 0.29) is 0 Å². The fourth-order valence-electron chi connectivity index (χ4n) is 6.67. The SMILES string of the molecule is c1ccc(-c2ccc(-c3cc(-c4ccc(-c5ccc6c7ccccc7n(-c7ccccc7)c6c5)cc4)nc(-c4cccnc4)n3)cc2)cc1. The zero-order valence-electron chi connectivity index (χ0n) is 26.6. The van der Waals surface area contributed by atoms with Crippen molar-refractivity contribution < 1.29 is 0 Å². The van der Waals surface area contributed by atoms with E-state index in [1.54, 1.807) is 6.20 Å². The molecular formula is C45H30N4. The van der Waals surface area contributed by atoms with Crippen molar-refractivity contribution in [3.63, 3.8) is 0 Å². The average Bonchev–Trinajstić information content (AvgIpc) is 3.52. The molecule has 4 nitrogen and oxygen atoms in total. The molecule has 0 spiro atoms. The lowest BCUT2D eigenvalue weighted by Crippen LogP contribution is -1.96. The summed E-state index contributed by atoms with van der Waals surface area (Å²) < 4.78 is 2.36. The van der Waals surface area contributed by atoms with E-state index >= 15 is 0 Å². The van der Waals surface area contributed by atoms with Gasteiger partial charge in [0.1, 0.15) is 0 Å². The van der Waals surface area contributed by atoms with Crippen LogP contribution in [0.15, 0.2) is 182 Å². The smallest absolute Gasteiger partial charge is 0.161 e. The molecule has 0 aliphatic heterocycles. The maximum Gasteiger partial charge on any atom is 0.161 e. The summed E-state index contributed by atoms with van der Waals surface area (Å²) in [7, 11) is 0. The molecule has 49 heavy (non-hydrogen) atoms. The molecule has 3 aromatic heterocycles. The molecule has 6 aromatic carbocycles. The summed E-state index contributed by atoms with van der Waals surface area (Å²) in [4.78, 5) is 14.4. The molecule has 9 aromatic rings. The van der Waals surface area contributed by atoms with Gasteiger partial charge in [0.2, 0.25) is 0 Å². The van der Waals surface area contributed by atoms with Crippen molar-refractivity contribution in [2.24, 2.45) is 0 Å². The monoisotopic (exact) mass is 626 g/mol. The van der Waals surface area contributed by atoms with Crippen LogP contribution in [0.1, 0.15) is 0 Å². The van der Waals surface area contributed by atoms with Gasteiger partial charge in [-0.2, -0.15) is 0 Å². The Bertz CT molecular complexity index is 2560. The first kappa shape index (κ1) is 28.6. The summed E-state index contributed by atoms with van der Waals surface area (Å²) in [5.74, 6) is 0.649. The Kier molecular flexibility index (Phi) is 7.10. The maximum atomic E-state index is 5.02. The second kappa shape index (κ2) is 12.2. The van der Waals surface area contributed by atoms with E-state index in [2.05, 4.69) is 161 Å². The molecule has 4 heteroatoms. The fraction of sp³-hybridized carbons (Fsp3) is 0. The Balaban J connectivity index is 1.11. The van der Waals surface area contributed by atoms with Crippen LogP contribution in [0.4, 0.5) is 0 Å². The quantitative estimate of drug-likeness (QED) is 0.184. The lowest BCUT2D eigenvalue weighted by atomic mass is 10.00. The van der Waals surface area contributed by atoms with Crippen LogP contribution in [0, 0.1) is 0 Å². The van der Waals surface area contributed by atoms with Gasteiger partial charge < -0.3 is 4.57 Å². The highest BCUT2D eigenvalue weighted by atomic mass is 15.0. The van der Waals surface area contributed by atoms with Crippen LogP contribution >= 0.6 is 0 Å². The molecule has 0 atom stereocenters. The largest absolute Gasteiger partial charge is 0.309 e. The van der Waals surface area contributed by atoms with Crippen LogP contribution in [-0.4, -0.2) is 19.5 Å². The van der Waals surface area contributed by atoms with Crippen LogP contribution in [0.3, 0.4) is 0 Å². The molecule has 230 valence electrons. The molecule has 9 rings (SSSR count). The van der Waals surface area contributed by atoms with Crippen molar-refractivity contribution in [3.8, 4) is 61.8 Å². The molecule has 0 amide bonds. The van der Waals surface area contributed by atoms with E-state index in [1.165, 1.54) is 32.9 Å². The van der Waals surface area contributed by atoms with Crippen LogP contribution in [-0.2, 0) is 0 Å². The van der Waals surface area contributed by atoms with Gasteiger partial charge in [-0.3, -0.25) is 4.98 Å². The first-order chi connectivity index (χ1) is 24.3. The molecule has 0 unspecified atom stereocenters. The van der Waals surface area contributed by atoms with Gasteiger partial charge in [0.25, 0.3) is 0 Å². The summed E-state index contributed by atoms with van der Waals surface area (Å²) >= 11 is 0. The number of hydrogen-bond donors (Lipinski definition) is 0. The van der Waals surface area contributed by atoms with Gasteiger partial charge in [0, 0.05) is 45.5 Å². The Hall–Kier alpha value is -6.65. The van der Waals surface area contributed by atoms with Crippen molar-refractivity contribution in [2.75, 3.05) is 0 Å². The number of aromatic nitrogens is 4.